The van der Waals surface area contributed by atoms with Crippen molar-refractivity contribution < 1.29 is 146 Å². The molecular weight excluding hydrogens is 1470 g/mol. The Morgan fingerprint density at radius 3 is 1.42 bits per heavy atom. The van der Waals surface area contributed by atoms with E-state index in [1.165, 1.54) is 91.8 Å². The van der Waals surface area contributed by atoms with E-state index in [0.717, 1.165) is 9.80 Å². The van der Waals surface area contributed by atoms with Crippen LogP contribution < -0.4 is 53.5 Å². The molecule has 6 aliphatic rings. The second-order valence-electron chi connectivity index (χ2n) is 27.2. The number of nitrogens with zero attached hydrogens (tertiary/aromatic N) is 7. The number of methoxy groups -OCH3 is 3. The van der Waals surface area contributed by atoms with Gasteiger partial charge in [-0.2, -0.15) is 4.68 Å². The predicted octanol–water partition coefficient (Wildman–Crippen LogP) is 0.237. The van der Waals surface area contributed by atoms with E-state index in [4.69, 9.17) is 52.1 Å². The molecule has 4 aromatic carbocycles. The first-order valence-corrected chi connectivity index (χ1v) is 35.4. The van der Waals surface area contributed by atoms with Crippen LogP contribution in [0.2, 0.25) is 0 Å². The highest BCUT2D eigenvalue weighted by Gasteiger charge is 2.52. The zero-order valence-corrected chi connectivity index (χ0v) is 61.0. The van der Waals surface area contributed by atoms with Gasteiger partial charge in [0.1, 0.15) is 73.9 Å². The quantitative estimate of drug-likeness (QED) is 0.0173. The molecule has 7 heterocycles. The number of fused-ring (bicyclic) bond motifs is 4. The van der Waals surface area contributed by atoms with Crippen LogP contribution in [0.25, 0.3) is 0 Å². The van der Waals surface area contributed by atoms with Gasteiger partial charge in [-0.3, -0.25) is 19.2 Å². The van der Waals surface area contributed by atoms with E-state index in [1.54, 1.807) is 21.9 Å². The summed E-state index contributed by atoms with van der Waals surface area (Å²) in [6.07, 6.45) is -21.1. The summed E-state index contributed by atoms with van der Waals surface area (Å²) < 4.78 is 64.7. The van der Waals surface area contributed by atoms with E-state index in [0.29, 0.717) is 30.4 Å². The highest BCUT2D eigenvalue weighted by molar-refractivity contribution is 6.07. The minimum Gasteiger partial charge on any atom is -0.493 e. The number of nitrogens with one attached hydrogen (secondary N) is 2. The third-order valence-corrected chi connectivity index (χ3v) is 19.3. The number of anilines is 2. The van der Waals surface area contributed by atoms with Crippen molar-refractivity contribution in [3.05, 3.63) is 131 Å². The normalized spacial score (nSPS) is 24.8. The Labute approximate surface area is 633 Å². The maximum atomic E-state index is 14.7. The lowest BCUT2D eigenvalue weighted by Crippen LogP contribution is -2.61. The number of amides is 6. The third kappa shape index (κ3) is 17.4. The molecule has 6 aliphatic heterocycles. The van der Waals surface area contributed by atoms with Gasteiger partial charge < -0.3 is 124 Å². The number of aromatic nitrogens is 3. The lowest BCUT2D eigenvalue weighted by Gasteiger charge is -2.38. The number of benzene rings is 4. The zero-order valence-electron chi connectivity index (χ0n) is 61.0. The van der Waals surface area contributed by atoms with Crippen LogP contribution in [0.3, 0.4) is 0 Å². The van der Waals surface area contributed by atoms with Crippen molar-refractivity contribution in [3.8, 4) is 34.5 Å². The van der Waals surface area contributed by atoms with Crippen LogP contribution in [-0.4, -0.2) is 272 Å². The fraction of sp³-hybridized carbons (Fsp3) is 0.479. The molecule has 0 saturated carbocycles. The van der Waals surface area contributed by atoms with E-state index < -0.39 is 147 Å². The van der Waals surface area contributed by atoms with E-state index in [-0.39, 0.29) is 151 Å². The molecule has 0 spiro atoms. The molecule has 4 fully saturated rings. The van der Waals surface area contributed by atoms with Crippen molar-refractivity contribution in [2.45, 2.75) is 158 Å². The number of aliphatic hydroxyl groups is 8. The molecule has 2 unspecified atom stereocenters. The number of carboxylic acids is 2. The van der Waals surface area contributed by atoms with Crippen LogP contribution in [0.1, 0.15) is 105 Å². The molecule has 38 heteroatoms. The van der Waals surface area contributed by atoms with Crippen LogP contribution in [0.4, 0.5) is 21.0 Å². The van der Waals surface area contributed by atoms with Crippen LogP contribution in [0.5, 0.6) is 34.5 Å². The lowest BCUT2D eigenvalue weighted by atomic mass is 9.99. The highest BCUT2D eigenvalue weighted by Crippen LogP contribution is 2.45. The van der Waals surface area contributed by atoms with Gasteiger partial charge in [0.15, 0.2) is 53.9 Å². The van der Waals surface area contributed by atoms with Crippen LogP contribution in [0, 0.1) is 0 Å². The number of aliphatic hydroxyl groups excluding tert-OH is 8. The molecule has 12 N–H and O–H groups in total. The van der Waals surface area contributed by atoms with Gasteiger partial charge in [0, 0.05) is 44.0 Å². The second kappa shape index (κ2) is 35.1. The average molecular weight is 1560 g/mol. The number of aliphatic carboxylic acids is 2. The van der Waals surface area contributed by atoms with E-state index in [2.05, 4.69) is 28.9 Å². The summed E-state index contributed by atoms with van der Waals surface area (Å²) in [5, 5.41) is 116. The number of unbranched alkanes of at least 4 members (excludes halogenated alkanes) is 2. The number of hydrogen-bond donors (Lipinski definition) is 12. The first-order valence-electron chi connectivity index (χ1n) is 35.4. The topological polar surface area (TPSA) is 499 Å². The number of ether oxygens (including phenoxy) is 11. The van der Waals surface area contributed by atoms with E-state index in [9.17, 15) is 89.4 Å². The van der Waals surface area contributed by atoms with Crippen molar-refractivity contribution in [1.82, 2.24) is 30.3 Å². The minimum absolute atomic E-state index is 0.00262. The Balaban J connectivity index is 0.773. The van der Waals surface area contributed by atoms with Crippen LogP contribution in [0.15, 0.2) is 97.4 Å². The van der Waals surface area contributed by atoms with Gasteiger partial charge in [-0.15, -0.1) is 0 Å². The largest absolute Gasteiger partial charge is 0.493 e. The number of rotatable bonds is 29. The number of carbonyl (C=O) groups excluding carboxylic acids is 6. The fourth-order valence-electron chi connectivity index (χ4n) is 13.6. The molecule has 0 bridgehead atoms. The summed E-state index contributed by atoms with van der Waals surface area (Å²) in [5.41, 5.74) is 0.680. The van der Waals surface area contributed by atoms with Gasteiger partial charge in [-0.25, -0.2) is 29.0 Å². The molecule has 4 saturated heterocycles. The van der Waals surface area contributed by atoms with Gasteiger partial charge in [0.25, 0.3) is 23.6 Å². The van der Waals surface area contributed by atoms with Crippen molar-refractivity contribution in [3.63, 3.8) is 0 Å². The fourth-order valence-corrected chi connectivity index (χ4v) is 13.6. The summed E-state index contributed by atoms with van der Waals surface area (Å²) >= 11 is 0. The van der Waals surface area contributed by atoms with Crippen molar-refractivity contribution in [2.24, 2.45) is 0 Å². The van der Waals surface area contributed by atoms with Crippen LogP contribution >= 0.6 is 0 Å². The standard InChI is InChI=1S/C73H87N9O29/c1-35(2)82-76-16-19-77(82)18-15-74-62(89)42-25-38(11-13-48(42)108-70-58(87)54(83)56(85)60(110-70)68(95)96)33-106-72(99)80-44-29-52(50(102-6)27-40(44)64(91)78-31-36(3)23-46(78)66(80)93)104-20-9-8-10-21-105-53-30-45-41(28-51(53)103-7)65(92)79-32-37(4)24-47(79)67(94)81(45)73(100)107-34-39-12-14-49(43(26-39)63(90)75-17-22-101-5)109-71-59(88)55(84)57(86)61(111-71)69(97)98/h11-14,16,19,25-30,35,46-47,54-61,66-67,70-71,83-88,93-94H,3-4,8-10,15,17-18,20-24,31-34H2,1-2,5-7H3,(H3-,74,75,89,90,95,96,97,98)/p+1/t46-,47-,54-,55-,56-,57-,58+,59+,60-,61-,66?,67?,70+,71+/m0/s1. The molecule has 0 aliphatic carbocycles. The van der Waals surface area contributed by atoms with E-state index >= 15 is 0 Å². The number of carbonyl (C=O) groups is 8. The molecule has 1 aromatic heterocycles. The Hall–Kier alpha value is -10.8. The van der Waals surface area contributed by atoms with Gasteiger partial charge in [-0.05, 0) is 98.3 Å². The van der Waals surface area contributed by atoms with Gasteiger partial charge in [0.05, 0.1) is 86.3 Å². The average Bonchev–Trinajstić information content (AvgIpc) is 1.59. The smallest absolute Gasteiger partial charge is 0.416 e. The number of carboxylic acid groups (broad SMARTS) is 2. The minimum atomic E-state index is -2.04. The molecule has 0 radical (unpaired) electrons. The molecule has 111 heavy (non-hydrogen) atoms. The van der Waals surface area contributed by atoms with Gasteiger partial charge >= 0.3 is 24.1 Å². The Bertz CT molecular complexity index is 4350. The third-order valence-electron chi connectivity index (χ3n) is 19.3. The lowest BCUT2D eigenvalue weighted by molar-refractivity contribution is -0.780. The molecule has 11 rings (SSSR count). The van der Waals surface area contributed by atoms with Crippen LogP contribution in [-0.2, 0) is 53.0 Å². The Morgan fingerprint density at radius 1 is 0.568 bits per heavy atom. The predicted molar refractivity (Wildman–Crippen MR) is 377 cm³/mol. The molecule has 598 valence electrons. The Morgan fingerprint density at radius 2 is 1.01 bits per heavy atom. The summed E-state index contributed by atoms with van der Waals surface area (Å²) in [5.74, 6) is -6.29. The summed E-state index contributed by atoms with van der Waals surface area (Å²) in [6, 6.07) is 11.2. The maximum absolute atomic E-state index is 14.7. The monoisotopic (exact) mass is 1550 g/mol. The molecule has 5 aromatic rings. The SMILES string of the molecule is C=C1C[C@H]2C(O)N(C(=O)OCc3ccc(O[C@@H]4O[C@H](C(=O)O)[C@@H](O)[C@H](O)[C@H]4O)c(C(=O)NCCOC)c3)c3cc(OCCCCCOc4cc5c(cc4OC)C(=O)N4CC(=C)C[C@H]4C(O)N5C(=O)OCc4ccc(O[C@@H]5O[C@H](C(=O)O)[C@@H](O)[C@H](O)[C@H]5O)c(C(=O)NCC[n+]5ccnn5C(C)C)c4)c(OC)cc3C(=O)N2C1. The number of hydrogen-bond acceptors (Lipinski definition) is 28. The maximum Gasteiger partial charge on any atom is 0.416 e. The summed E-state index contributed by atoms with van der Waals surface area (Å²) in [7, 11) is 4.09. The first kappa shape index (κ1) is 81.2. The van der Waals surface area contributed by atoms with Crippen molar-refractivity contribution in [2.75, 3.05) is 77.1 Å². The van der Waals surface area contributed by atoms with Crippen molar-refractivity contribution in [1.29, 1.82) is 0 Å². The van der Waals surface area contributed by atoms with Gasteiger partial charge in [0.2, 0.25) is 18.8 Å². The molecule has 38 nitrogen and oxygen atoms in total. The van der Waals surface area contributed by atoms with Crippen molar-refractivity contribution >= 4 is 59.1 Å². The molecular formula is C73H88N9O29+. The first-order chi connectivity index (χ1) is 53.0. The zero-order chi connectivity index (χ0) is 80.0. The molecule has 14 atom stereocenters. The van der Waals surface area contributed by atoms with Gasteiger partial charge in [-0.1, -0.05) is 36.4 Å². The van der Waals surface area contributed by atoms with E-state index in [1.807, 2.05) is 13.8 Å². The summed E-state index contributed by atoms with van der Waals surface area (Å²) in [4.78, 5) is 116. The molecule has 6 amide bonds. The Kier molecular flexibility index (Phi) is 25.7. The second-order valence-corrected chi connectivity index (χ2v) is 27.2. The highest BCUT2D eigenvalue weighted by atomic mass is 16.7. The summed E-state index contributed by atoms with van der Waals surface area (Å²) in [6.45, 7) is 11.3.